The molecule has 5 nitrogen and oxygen atoms in total. The van der Waals surface area contributed by atoms with Crippen molar-refractivity contribution in [3.63, 3.8) is 0 Å². The SMILES string of the molecule is CCOC(C)C(=O)NC(C)C(=O)[O-].[Na+]. The number of carbonyl (C=O) groups excluding carboxylic acids is 2. The summed E-state index contributed by atoms with van der Waals surface area (Å²) in [5.41, 5.74) is 0. The van der Waals surface area contributed by atoms with Crippen molar-refractivity contribution in [1.29, 1.82) is 0 Å². The fourth-order valence-electron chi connectivity index (χ4n) is 0.715. The summed E-state index contributed by atoms with van der Waals surface area (Å²) in [6.45, 7) is 5.06. The smallest absolute Gasteiger partial charge is 0.548 e. The Kier molecular flexibility index (Phi) is 9.60. The van der Waals surface area contributed by atoms with Crippen LogP contribution in [0.5, 0.6) is 0 Å². The Bertz CT molecular complexity index is 198. The summed E-state index contributed by atoms with van der Waals surface area (Å²) in [6, 6.07) is -0.990. The molecular formula is C8H14NNaO4. The molecule has 0 aliphatic heterocycles. The van der Waals surface area contributed by atoms with Gasteiger partial charge in [-0.1, -0.05) is 0 Å². The van der Waals surface area contributed by atoms with Crippen LogP contribution in [0.15, 0.2) is 0 Å². The van der Waals surface area contributed by atoms with E-state index >= 15 is 0 Å². The summed E-state index contributed by atoms with van der Waals surface area (Å²) >= 11 is 0. The number of hydrogen-bond acceptors (Lipinski definition) is 4. The molecule has 6 heteroatoms. The molecule has 0 aromatic carbocycles. The maximum absolute atomic E-state index is 11.1. The molecule has 0 aliphatic carbocycles. The minimum absolute atomic E-state index is 0. The van der Waals surface area contributed by atoms with Gasteiger partial charge in [-0.25, -0.2) is 0 Å². The second-order valence-electron chi connectivity index (χ2n) is 2.65. The van der Waals surface area contributed by atoms with E-state index in [1.165, 1.54) is 6.92 Å². The van der Waals surface area contributed by atoms with E-state index in [4.69, 9.17) is 4.74 Å². The zero-order chi connectivity index (χ0) is 10.4. The van der Waals surface area contributed by atoms with Crippen molar-refractivity contribution in [2.45, 2.75) is 32.9 Å². The molecule has 0 saturated heterocycles. The van der Waals surface area contributed by atoms with E-state index in [2.05, 4.69) is 5.32 Å². The third-order valence-corrected chi connectivity index (χ3v) is 1.50. The topological polar surface area (TPSA) is 78.5 Å². The third kappa shape index (κ3) is 6.37. The van der Waals surface area contributed by atoms with Crippen LogP contribution in [0, 0.1) is 0 Å². The quantitative estimate of drug-likeness (QED) is 0.466. The van der Waals surface area contributed by atoms with Gasteiger partial charge in [0.15, 0.2) is 0 Å². The van der Waals surface area contributed by atoms with E-state index in [0.29, 0.717) is 6.61 Å². The van der Waals surface area contributed by atoms with E-state index in [-0.39, 0.29) is 29.6 Å². The molecule has 0 heterocycles. The molecule has 0 aromatic rings. The predicted molar refractivity (Wildman–Crippen MR) is 43.7 cm³/mol. The van der Waals surface area contributed by atoms with Gasteiger partial charge in [-0.3, -0.25) is 4.79 Å². The molecule has 14 heavy (non-hydrogen) atoms. The van der Waals surface area contributed by atoms with Crippen molar-refractivity contribution < 1.29 is 49.0 Å². The van der Waals surface area contributed by atoms with E-state index in [1.54, 1.807) is 13.8 Å². The van der Waals surface area contributed by atoms with Crippen LogP contribution in [0.3, 0.4) is 0 Å². The molecule has 1 N–H and O–H groups in total. The first-order chi connectivity index (χ1) is 5.99. The molecule has 76 valence electrons. The van der Waals surface area contributed by atoms with Crippen LogP contribution in [-0.2, 0) is 14.3 Å². The number of carboxylic acid groups (broad SMARTS) is 1. The average Bonchev–Trinajstić information content (AvgIpc) is 2.04. The zero-order valence-electron chi connectivity index (χ0n) is 8.99. The summed E-state index contributed by atoms with van der Waals surface area (Å²) in [5.74, 6) is -1.75. The van der Waals surface area contributed by atoms with Crippen LogP contribution in [0.25, 0.3) is 0 Å². The van der Waals surface area contributed by atoms with Crippen LogP contribution in [0.4, 0.5) is 0 Å². The second-order valence-corrected chi connectivity index (χ2v) is 2.65. The second kappa shape index (κ2) is 8.23. The Morgan fingerprint density at radius 1 is 1.43 bits per heavy atom. The number of aliphatic carboxylic acids is 1. The Labute approximate surface area is 105 Å². The molecule has 2 atom stereocenters. The van der Waals surface area contributed by atoms with Gasteiger partial charge < -0.3 is 20.0 Å². The first-order valence-electron chi connectivity index (χ1n) is 4.11. The Balaban J connectivity index is 0. The molecule has 0 radical (unpaired) electrons. The van der Waals surface area contributed by atoms with Crippen molar-refractivity contribution in [3.05, 3.63) is 0 Å². The number of nitrogens with one attached hydrogen (secondary N) is 1. The van der Waals surface area contributed by atoms with E-state index in [0.717, 1.165) is 0 Å². The summed E-state index contributed by atoms with van der Waals surface area (Å²) < 4.78 is 4.96. The normalized spacial score (nSPS) is 13.6. The number of hydrogen-bond donors (Lipinski definition) is 1. The number of carbonyl (C=O) groups is 2. The third-order valence-electron chi connectivity index (χ3n) is 1.50. The molecule has 0 rings (SSSR count). The van der Waals surface area contributed by atoms with Gasteiger partial charge in [0.05, 0.1) is 12.0 Å². The molecule has 0 fully saturated rings. The van der Waals surface area contributed by atoms with Gasteiger partial charge in [0.1, 0.15) is 6.10 Å². The minimum Gasteiger partial charge on any atom is -0.548 e. The van der Waals surface area contributed by atoms with Gasteiger partial charge in [-0.05, 0) is 20.8 Å². The molecule has 0 bridgehead atoms. The summed E-state index contributed by atoms with van der Waals surface area (Å²) in [7, 11) is 0. The van der Waals surface area contributed by atoms with E-state index in [1.807, 2.05) is 0 Å². The number of rotatable bonds is 5. The van der Waals surface area contributed by atoms with Gasteiger partial charge in [0.25, 0.3) is 0 Å². The van der Waals surface area contributed by atoms with Gasteiger partial charge in [-0.15, -0.1) is 0 Å². The van der Waals surface area contributed by atoms with Crippen LogP contribution in [-0.4, -0.2) is 30.6 Å². The average molecular weight is 211 g/mol. The zero-order valence-corrected chi connectivity index (χ0v) is 11.0. The van der Waals surface area contributed by atoms with Gasteiger partial charge in [0, 0.05) is 6.61 Å². The standard InChI is InChI=1S/C8H15NO4.Na/c1-4-13-6(3)7(10)9-5(2)8(11)12;/h5-6H,4H2,1-3H3,(H,9,10)(H,11,12);/q;+1/p-1. The van der Waals surface area contributed by atoms with Gasteiger partial charge in [0.2, 0.25) is 5.91 Å². The van der Waals surface area contributed by atoms with Crippen molar-refractivity contribution >= 4 is 11.9 Å². The minimum atomic E-state index is -1.31. The fourth-order valence-corrected chi connectivity index (χ4v) is 0.715. The van der Waals surface area contributed by atoms with Crippen LogP contribution in [0.1, 0.15) is 20.8 Å². The monoisotopic (exact) mass is 211 g/mol. The number of ether oxygens (including phenoxy) is 1. The van der Waals surface area contributed by atoms with E-state index < -0.39 is 24.0 Å². The molecule has 2 unspecified atom stereocenters. The van der Waals surface area contributed by atoms with Gasteiger partial charge in [-0.2, -0.15) is 0 Å². The molecule has 0 spiro atoms. The number of carboxylic acids is 1. The Hall–Kier alpha value is -0.100. The first kappa shape index (κ1) is 16.3. The summed E-state index contributed by atoms with van der Waals surface area (Å²) in [4.78, 5) is 21.4. The summed E-state index contributed by atoms with van der Waals surface area (Å²) in [6.07, 6.45) is -0.633. The fraction of sp³-hybridized carbons (Fsp3) is 0.750. The maximum Gasteiger partial charge on any atom is 1.00 e. The largest absolute Gasteiger partial charge is 1.00 e. The van der Waals surface area contributed by atoms with Crippen LogP contribution in [0.2, 0.25) is 0 Å². The first-order valence-corrected chi connectivity index (χ1v) is 4.11. The van der Waals surface area contributed by atoms with Crippen LogP contribution < -0.4 is 40.0 Å². The molecule has 0 aliphatic rings. The van der Waals surface area contributed by atoms with Crippen molar-refractivity contribution in [2.75, 3.05) is 6.61 Å². The van der Waals surface area contributed by atoms with Crippen LogP contribution >= 0.6 is 0 Å². The van der Waals surface area contributed by atoms with Gasteiger partial charge >= 0.3 is 29.6 Å². The molecule has 0 aromatic heterocycles. The summed E-state index contributed by atoms with van der Waals surface area (Å²) in [5, 5.41) is 12.5. The molecule has 0 saturated carbocycles. The predicted octanol–water partition coefficient (Wildman–Crippen LogP) is -4.33. The Morgan fingerprint density at radius 2 is 1.93 bits per heavy atom. The maximum atomic E-state index is 11.1. The molecular weight excluding hydrogens is 197 g/mol. The van der Waals surface area contributed by atoms with E-state index in [9.17, 15) is 14.7 Å². The Morgan fingerprint density at radius 3 is 2.29 bits per heavy atom. The molecule has 1 amide bonds. The van der Waals surface area contributed by atoms with Crippen molar-refractivity contribution in [1.82, 2.24) is 5.32 Å². The van der Waals surface area contributed by atoms with Crippen molar-refractivity contribution in [2.24, 2.45) is 0 Å². The number of amides is 1. The van der Waals surface area contributed by atoms with Crippen molar-refractivity contribution in [3.8, 4) is 0 Å².